The maximum Gasteiger partial charge on any atom is 0.0729 e. The van der Waals surface area contributed by atoms with Crippen molar-refractivity contribution in [2.45, 2.75) is 37.3 Å². The Morgan fingerprint density at radius 3 is 2.81 bits per heavy atom. The van der Waals surface area contributed by atoms with Crippen molar-refractivity contribution in [3.05, 3.63) is 34.9 Å². The molecular formula is C16H23ClN2O2. The van der Waals surface area contributed by atoms with Gasteiger partial charge in [-0.3, -0.25) is 11.3 Å². The quantitative estimate of drug-likeness (QED) is 0.666. The predicted octanol–water partition coefficient (Wildman–Crippen LogP) is 2.82. The van der Waals surface area contributed by atoms with E-state index in [-0.39, 0.29) is 11.6 Å². The van der Waals surface area contributed by atoms with E-state index in [0.717, 1.165) is 56.1 Å². The number of hydrazine groups is 1. The van der Waals surface area contributed by atoms with Crippen molar-refractivity contribution in [2.75, 3.05) is 19.8 Å². The number of nitrogens with one attached hydrogen (secondary N) is 1. The highest BCUT2D eigenvalue weighted by molar-refractivity contribution is 6.30. The third-order valence-electron chi connectivity index (χ3n) is 4.79. The van der Waals surface area contributed by atoms with E-state index in [1.165, 1.54) is 0 Å². The van der Waals surface area contributed by atoms with Gasteiger partial charge in [0, 0.05) is 30.9 Å². The van der Waals surface area contributed by atoms with E-state index in [9.17, 15) is 0 Å². The number of halogens is 1. The van der Waals surface area contributed by atoms with Crippen molar-refractivity contribution < 1.29 is 9.47 Å². The minimum atomic E-state index is -0.0190. The maximum absolute atomic E-state index is 6.12. The first-order valence-corrected chi connectivity index (χ1v) is 8.03. The largest absolute Gasteiger partial charge is 0.381 e. The van der Waals surface area contributed by atoms with Gasteiger partial charge in [-0.25, -0.2) is 0 Å². The van der Waals surface area contributed by atoms with Crippen molar-refractivity contribution in [3.8, 4) is 0 Å². The molecule has 5 heteroatoms. The molecule has 21 heavy (non-hydrogen) atoms. The summed E-state index contributed by atoms with van der Waals surface area (Å²) in [5, 5.41) is 0.751. The van der Waals surface area contributed by atoms with Crippen LogP contribution >= 0.6 is 11.6 Å². The standard InChI is InChI=1S/C16H23ClN2O2/c17-14-3-1-2-12(10-14)15(19-18)13-4-7-21-16(11-13)5-8-20-9-6-16/h1-3,10,13,15,19H,4-9,11,18H2. The number of hydrogen-bond acceptors (Lipinski definition) is 4. The molecular weight excluding hydrogens is 288 g/mol. The second kappa shape index (κ2) is 6.63. The molecule has 0 aliphatic carbocycles. The number of hydrogen-bond donors (Lipinski definition) is 2. The van der Waals surface area contributed by atoms with E-state index < -0.39 is 0 Å². The Morgan fingerprint density at radius 2 is 2.10 bits per heavy atom. The molecule has 0 saturated carbocycles. The molecule has 2 aliphatic heterocycles. The van der Waals surface area contributed by atoms with Gasteiger partial charge in [0.05, 0.1) is 5.60 Å². The molecule has 3 rings (SSSR count). The summed E-state index contributed by atoms with van der Waals surface area (Å²) in [6.07, 6.45) is 4.01. The van der Waals surface area contributed by atoms with Crippen molar-refractivity contribution in [2.24, 2.45) is 11.8 Å². The van der Waals surface area contributed by atoms with E-state index in [0.29, 0.717) is 5.92 Å². The Kier molecular flexibility index (Phi) is 4.82. The third-order valence-corrected chi connectivity index (χ3v) is 5.03. The zero-order valence-corrected chi connectivity index (χ0v) is 12.9. The summed E-state index contributed by atoms with van der Waals surface area (Å²) in [7, 11) is 0. The highest BCUT2D eigenvalue weighted by Gasteiger charge is 2.41. The third kappa shape index (κ3) is 3.41. The van der Waals surface area contributed by atoms with Crippen LogP contribution < -0.4 is 11.3 Å². The Morgan fingerprint density at radius 1 is 1.29 bits per heavy atom. The molecule has 0 radical (unpaired) electrons. The molecule has 2 aliphatic rings. The van der Waals surface area contributed by atoms with Crippen LogP contribution in [0.4, 0.5) is 0 Å². The molecule has 2 atom stereocenters. The van der Waals surface area contributed by atoms with Gasteiger partial charge in [0.15, 0.2) is 0 Å². The van der Waals surface area contributed by atoms with Gasteiger partial charge in [-0.2, -0.15) is 0 Å². The van der Waals surface area contributed by atoms with Gasteiger partial charge in [-0.05, 0) is 49.3 Å². The summed E-state index contributed by atoms with van der Waals surface area (Å²) in [5.41, 5.74) is 4.12. The lowest BCUT2D eigenvalue weighted by Crippen LogP contribution is -2.47. The summed E-state index contributed by atoms with van der Waals surface area (Å²) in [6, 6.07) is 8.07. The highest BCUT2D eigenvalue weighted by Crippen LogP contribution is 2.41. The van der Waals surface area contributed by atoms with Gasteiger partial charge in [-0.1, -0.05) is 23.7 Å². The molecule has 1 aromatic carbocycles. The fourth-order valence-electron chi connectivity index (χ4n) is 3.65. The summed E-state index contributed by atoms with van der Waals surface area (Å²) in [4.78, 5) is 0. The van der Waals surface area contributed by atoms with E-state index in [1.807, 2.05) is 18.2 Å². The molecule has 2 unspecified atom stereocenters. The molecule has 1 aromatic rings. The molecule has 0 amide bonds. The van der Waals surface area contributed by atoms with E-state index in [1.54, 1.807) is 0 Å². The highest BCUT2D eigenvalue weighted by atomic mass is 35.5. The minimum absolute atomic E-state index is 0.0190. The van der Waals surface area contributed by atoms with Gasteiger partial charge in [0.25, 0.3) is 0 Å². The van der Waals surface area contributed by atoms with Crippen molar-refractivity contribution in [1.29, 1.82) is 0 Å². The van der Waals surface area contributed by atoms with Gasteiger partial charge in [0.1, 0.15) is 0 Å². The average Bonchev–Trinajstić information content (AvgIpc) is 2.49. The van der Waals surface area contributed by atoms with Crippen molar-refractivity contribution in [3.63, 3.8) is 0 Å². The molecule has 4 nitrogen and oxygen atoms in total. The topological polar surface area (TPSA) is 56.5 Å². The molecule has 0 aromatic heterocycles. The summed E-state index contributed by atoms with van der Waals surface area (Å²) in [6.45, 7) is 2.39. The summed E-state index contributed by atoms with van der Waals surface area (Å²) < 4.78 is 11.6. The van der Waals surface area contributed by atoms with Gasteiger partial charge in [0.2, 0.25) is 0 Å². The Hall–Kier alpha value is -0.650. The van der Waals surface area contributed by atoms with Crippen LogP contribution in [0.1, 0.15) is 37.3 Å². The lowest BCUT2D eigenvalue weighted by molar-refractivity contribution is -0.150. The van der Waals surface area contributed by atoms with Crippen LogP contribution in [0.5, 0.6) is 0 Å². The fraction of sp³-hybridized carbons (Fsp3) is 0.625. The fourth-order valence-corrected chi connectivity index (χ4v) is 3.85. The molecule has 2 heterocycles. The van der Waals surface area contributed by atoms with Gasteiger partial charge >= 0.3 is 0 Å². The first-order valence-electron chi connectivity index (χ1n) is 7.66. The van der Waals surface area contributed by atoms with Crippen LogP contribution in [0.2, 0.25) is 5.02 Å². The van der Waals surface area contributed by atoms with E-state index in [2.05, 4.69) is 11.5 Å². The van der Waals surface area contributed by atoms with E-state index in [4.69, 9.17) is 26.9 Å². The Bertz CT molecular complexity index is 472. The Balaban J connectivity index is 1.77. The summed E-state index contributed by atoms with van der Waals surface area (Å²) >= 11 is 6.12. The first kappa shape index (κ1) is 15.3. The number of ether oxygens (including phenoxy) is 2. The summed E-state index contributed by atoms with van der Waals surface area (Å²) in [5.74, 6) is 6.30. The lowest BCUT2D eigenvalue weighted by atomic mass is 9.76. The van der Waals surface area contributed by atoms with Crippen LogP contribution in [0.3, 0.4) is 0 Å². The first-order chi connectivity index (χ1) is 10.2. The number of nitrogens with two attached hydrogens (primary N) is 1. The zero-order valence-electron chi connectivity index (χ0n) is 12.2. The zero-order chi connectivity index (χ0) is 14.7. The van der Waals surface area contributed by atoms with Crippen LogP contribution in [0.25, 0.3) is 0 Å². The van der Waals surface area contributed by atoms with Gasteiger partial charge < -0.3 is 9.47 Å². The van der Waals surface area contributed by atoms with Crippen molar-refractivity contribution in [1.82, 2.24) is 5.43 Å². The number of benzene rings is 1. The second-order valence-electron chi connectivity index (χ2n) is 6.10. The number of rotatable bonds is 3. The molecule has 1 spiro atoms. The second-order valence-corrected chi connectivity index (χ2v) is 6.53. The normalized spacial score (nSPS) is 26.7. The Labute approximate surface area is 130 Å². The van der Waals surface area contributed by atoms with Gasteiger partial charge in [-0.15, -0.1) is 0 Å². The minimum Gasteiger partial charge on any atom is -0.381 e. The van der Waals surface area contributed by atoms with Crippen LogP contribution in [-0.4, -0.2) is 25.4 Å². The SMILES string of the molecule is NNC(c1cccc(Cl)c1)C1CCOC2(CCOCC2)C1. The maximum atomic E-state index is 6.12. The molecule has 0 bridgehead atoms. The van der Waals surface area contributed by atoms with Crippen LogP contribution in [0.15, 0.2) is 24.3 Å². The van der Waals surface area contributed by atoms with Crippen LogP contribution in [0, 0.1) is 5.92 Å². The predicted molar refractivity (Wildman–Crippen MR) is 83.0 cm³/mol. The monoisotopic (exact) mass is 310 g/mol. The van der Waals surface area contributed by atoms with E-state index >= 15 is 0 Å². The lowest BCUT2D eigenvalue weighted by Gasteiger charge is -2.45. The molecule has 3 N–H and O–H groups in total. The smallest absolute Gasteiger partial charge is 0.0729 e. The van der Waals surface area contributed by atoms with Crippen LogP contribution in [-0.2, 0) is 9.47 Å². The molecule has 116 valence electrons. The average molecular weight is 311 g/mol. The molecule has 2 fully saturated rings. The molecule has 2 saturated heterocycles. The van der Waals surface area contributed by atoms with Crippen molar-refractivity contribution >= 4 is 11.6 Å².